The normalized spacial score (nSPS) is 17.5. The second kappa shape index (κ2) is 8.01. The zero-order valence-corrected chi connectivity index (χ0v) is 15.6. The third-order valence-corrected chi connectivity index (χ3v) is 5.26. The molecule has 4 rings (SSSR count). The minimum atomic E-state index is -0.211. The Hall–Kier alpha value is -2.53. The van der Waals surface area contributed by atoms with Gasteiger partial charge in [-0.25, -0.2) is 4.98 Å². The summed E-state index contributed by atoms with van der Waals surface area (Å²) >= 11 is 0. The highest BCUT2D eigenvalue weighted by Crippen LogP contribution is 2.26. The van der Waals surface area contributed by atoms with E-state index in [0.717, 1.165) is 60.6 Å². The molecule has 0 radical (unpaired) electrons. The number of oxazole rings is 1. The first-order chi connectivity index (χ1) is 13.2. The number of alkyl halides is 1. The zero-order chi connectivity index (χ0) is 18.6. The van der Waals surface area contributed by atoms with Crippen LogP contribution in [0.25, 0.3) is 22.6 Å². The van der Waals surface area contributed by atoms with Crippen molar-refractivity contribution in [2.75, 3.05) is 26.3 Å². The largest absolute Gasteiger partial charge is 0.441 e. The average molecular weight is 365 g/mol. The Morgan fingerprint density at radius 3 is 2.67 bits per heavy atom. The summed E-state index contributed by atoms with van der Waals surface area (Å²) < 4.78 is 18.8. The molecule has 1 aliphatic heterocycles. The number of benzene rings is 1. The Balaban J connectivity index is 1.43. The van der Waals surface area contributed by atoms with Crippen LogP contribution in [0, 0.1) is 12.8 Å². The highest BCUT2D eigenvalue weighted by Gasteiger charge is 2.22. The van der Waals surface area contributed by atoms with E-state index in [0.29, 0.717) is 5.89 Å². The molecule has 0 amide bonds. The molecule has 0 aliphatic carbocycles. The van der Waals surface area contributed by atoms with Gasteiger partial charge in [-0.3, -0.25) is 9.37 Å². The van der Waals surface area contributed by atoms with Gasteiger partial charge >= 0.3 is 0 Å². The molecule has 2 aromatic heterocycles. The fourth-order valence-electron chi connectivity index (χ4n) is 3.62. The van der Waals surface area contributed by atoms with E-state index in [4.69, 9.17) is 4.42 Å². The van der Waals surface area contributed by atoms with Crippen LogP contribution in [0.2, 0.25) is 0 Å². The van der Waals surface area contributed by atoms with Gasteiger partial charge in [-0.1, -0.05) is 18.2 Å². The monoisotopic (exact) mass is 365 g/mol. The van der Waals surface area contributed by atoms with Crippen LogP contribution < -0.4 is 0 Å². The van der Waals surface area contributed by atoms with Crippen molar-refractivity contribution < 1.29 is 8.81 Å². The van der Waals surface area contributed by atoms with E-state index >= 15 is 0 Å². The lowest BCUT2D eigenvalue weighted by molar-refractivity contribution is 0.299. The fourth-order valence-corrected chi connectivity index (χ4v) is 3.62. The third kappa shape index (κ3) is 4.08. The van der Waals surface area contributed by atoms with Crippen molar-refractivity contribution >= 4 is 0 Å². The molecule has 3 aromatic rings. The number of aromatic nitrogens is 2. The molecule has 0 unspecified atom stereocenters. The van der Waals surface area contributed by atoms with Gasteiger partial charge in [0.2, 0.25) is 5.89 Å². The molecule has 0 saturated carbocycles. The molecule has 1 saturated heterocycles. The molecule has 27 heavy (non-hydrogen) atoms. The standard InChI is InChI=1S/C22H24FN3O/c1-16-21(9-12-26-11-8-17(13-23)15-26)27-22(25-16)19-6-4-18(5-7-19)20-3-2-10-24-14-20/h2-7,10,14,17H,8-9,11-13,15H2,1H3/t17-/m0/s1. The molecule has 1 atom stereocenters. The number of hydrogen-bond donors (Lipinski definition) is 0. The van der Waals surface area contributed by atoms with Crippen LogP contribution in [-0.4, -0.2) is 41.2 Å². The van der Waals surface area contributed by atoms with E-state index in [9.17, 15) is 4.39 Å². The molecule has 0 spiro atoms. The first-order valence-corrected chi connectivity index (χ1v) is 9.48. The van der Waals surface area contributed by atoms with Crippen molar-refractivity contribution in [1.82, 2.24) is 14.9 Å². The fraction of sp³-hybridized carbons (Fsp3) is 0.364. The molecule has 0 bridgehead atoms. The topological polar surface area (TPSA) is 42.2 Å². The smallest absolute Gasteiger partial charge is 0.226 e. The molecule has 1 aromatic carbocycles. The SMILES string of the molecule is Cc1nc(-c2ccc(-c3cccnc3)cc2)oc1CCN1CC[C@@H](CF)C1. The number of nitrogens with zero attached hydrogens (tertiary/aromatic N) is 3. The molecule has 5 heteroatoms. The van der Waals surface area contributed by atoms with Crippen LogP contribution in [0.5, 0.6) is 0 Å². The van der Waals surface area contributed by atoms with Crippen LogP contribution in [0.1, 0.15) is 17.9 Å². The number of pyridine rings is 1. The quantitative estimate of drug-likeness (QED) is 0.643. The number of aryl methyl sites for hydroxylation is 1. The molecular formula is C22H24FN3O. The summed E-state index contributed by atoms with van der Waals surface area (Å²) in [5.41, 5.74) is 4.11. The van der Waals surface area contributed by atoms with Crippen molar-refractivity contribution in [3.63, 3.8) is 0 Å². The Morgan fingerprint density at radius 1 is 1.15 bits per heavy atom. The predicted molar refractivity (Wildman–Crippen MR) is 104 cm³/mol. The van der Waals surface area contributed by atoms with Gasteiger partial charge in [-0.2, -0.15) is 0 Å². The minimum Gasteiger partial charge on any atom is -0.441 e. The summed E-state index contributed by atoms with van der Waals surface area (Å²) in [6.07, 6.45) is 5.40. The van der Waals surface area contributed by atoms with E-state index in [1.54, 1.807) is 6.20 Å². The predicted octanol–water partition coefficient (Wildman–Crippen LogP) is 4.55. The van der Waals surface area contributed by atoms with E-state index in [1.165, 1.54) is 0 Å². The number of rotatable bonds is 6. The lowest BCUT2D eigenvalue weighted by atomic mass is 10.1. The van der Waals surface area contributed by atoms with E-state index in [2.05, 4.69) is 27.0 Å². The molecular weight excluding hydrogens is 341 g/mol. The van der Waals surface area contributed by atoms with Crippen LogP contribution in [-0.2, 0) is 6.42 Å². The molecule has 1 aliphatic rings. The van der Waals surface area contributed by atoms with Gasteiger partial charge in [0, 0.05) is 43.4 Å². The van der Waals surface area contributed by atoms with Gasteiger partial charge in [0.15, 0.2) is 0 Å². The Kier molecular flexibility index (Phi) is 5.30. The maximum absolute atomic E-state index is 12.8. The van der Waals surface area contributed by atoms with Crippen LogP contribution in [0.15, 0.2) is 53.2 Å². The van der Waals surface area contributed by atoms with Crippen molar-refractivity contribution in [2.45, 2.75) is 19.8 Å². The number of likely N-dealkylation sites (tertiary alicyclic amines) is 1. The van der Waals surface area contributed by atoms with Gasteiger partial charge < -0.3 is 9.32 Å². The first-order valence-electron chi connectivity index (χ1n) is 9.48. The Morgan fingerprint density at radius 2 is 1.96 bits per heavy atom. The summed E-state index contributed by atoms with van der Waals surface area (Å²) in [7, 11) is 0. The number of hydrogen-bond acceptors (Lipinski definition) is 4. The van der Waals surface area contributed by atoms with Gasteiger partial charge in [-0.05, 0) is 49.2 Å². The molecule has 1 fully saturated rings. The van der Waals surface area contributed by atoms with Crippen LogP contribution in [0.4, 0.5) is 4.39 Å². The van der Waals surface area contributed by atoms with Crippen molar-refractivity contribution in [3.05, 3.63) is 60.2 Å². The lowest BCUT2D eigenvalue weighted by Gasteiger charge is -2.14. The maximum Gasteiger partial charge on any atom is 0.226 e. The van der Waals surface area contributed by atoms with Gasteiger partial charge in [0.05, 0.1) is 12.4 Å². The maximum atomic E-state index is 12.8. The third-order valence-electron chi connectivity index (χ3n) is 5.26. The van der Waals surface area contributed by atoms with Crippen molar-refractivity contribution in [3.8, 4) is 22.6 Å². The zero-order valence-electron chi connectivity index (χ0n) is 15.6. The van der Waals surface area contributed by atoms with Crippen molar-refractivity contribution in [2.24, 2.45) is 5.92 Å². The Labute approximate surface area is 159 Å². The summed E-state index contributed by atoms with van der Waals surface area (Å²) in [6, 6.07) is 12.2. The minimum absolute atomic E-state index is 0.203. The van der Waals surface area contributed by atoms with Gasteiger partial charge in [0.25, 0.3) is 0 Å². The summed E-state index contributed by atoms with van der Waals surface area (Å²) in [5, 5.41) is 0. The van der Waals surface area contributed by atoms with Gasteiger partial charge in [0.1, 0.15) is 5.76 Å². The van der Waals surface area contributed by atoms with Gasteiger partial charge in [-0.15, -0.1) is 0 Å². The highest BCUT2D eigenvalue weighted by molar-refractivity contribution is 5.66. The molecule has 0 N–H and O–H groups in total. The summed E-state index contributed by atoms with van der Waals surface area (Å²) in [4.78, 5) is 11.1. The lowest BCUT2D eigenvalue weighted by Crippen LogP contribution is -2.23. The summed E-state index contributed by atoms with van der Waals surface area (Å²) in [5.74, 6) is 1.78. The van der Waals surface area contributed by atoms with E-state index in [-0.39, 0.29) is 12.6 Å². The second-order valence-electron chi connectivity index (χ2n) is 7.21. The molecule has 3 heterocycles. The first kappa shape index (κ1) is 17.9. The summed E-state index contributed by atoms with van der Waals surface area (Å²) in [6.45, 7) is 4.50. The highest BCUT2D eigenvalue weighted by atomic mass is 19.1. The van der Waals surface area contributed by atoms with Crippen LogP contribution >= 0.6 is 0 Å². The second-order valence-corrected chi connectivity index (χ2v) is 7.21. The van der Waals surface area contributed by atoms with E-state index < -0.39 is 0 Å². The molecule has 4 nitrogen and oxygen atoms in total. The van der Waals surface area contributed by atoms with Crippen LogP contribution in [0.3, 0.4) is 0 Å². The average Bonchev–Trinajstić information content (AvgIpc) is 3.33. The molecule has 140 valence electrons. The Bertz CT molecular complexity index is 876. The number of halogens is 1. The van der Waals surface area contributed by atoms with Crippen molar-refractivity contribution in [1.29, 1.82) is 0 Å². The van der Waals surface area contributed by atoms with E-state index in [1.807, 2.05) is 37.4 Å².